The molecule has 0 spiro atoms. The normalized spacial score (nSPS) is 13.8. The standard InChI is InChI=1S/C62H43N/c1-4-15-47(16-5-1)58-40-33-54(43-61(58)48-17-6-2-7-18-48)46-28-36-56(37-29-46)63(55-34-26-45(27-35-55)53-25-24-44-14-10-11-22-52(44)42-53)57-38-30-50(31-39-57)60-41-32-49-19-12-13-23-59(49)62(60)51-20-8-3-9-21-51/h1-43H/i26D,27D,28D,29D,30D,31D,34D,35D,36D,37D,38D,39D. The summed E-state index contributed by atoms with van der Waals surface area (Å²) >= 11 is 0. The Bertz CT molecular complexity index is 4000. The van der Waals surface area contributed by atoms with E-state index in [4.69, 9.17) is 0 Å². The zero-order valence-electron chi connectivity index (χ0n) is 45.8. The molecule has 11 aromatic rings. The molecule has 63 heavy (non-hydrogen) atoms. The van der Waals surface area contributed by atoms with Crippen molar-refractivity contribution in [3.05, 3.63) is 261 Å². The molecule has 0 saturated heterocycles. The summed E-state index contributed by atoms with van der Waals surface area (Å²) in [5.74, 6) is 0. The quantitative estimate of drug-likeness (QED) is 0.140. The van der Waals surface area contributed by atoms with Crippen LogP contribution in [0.2, 0.25) is 0 Å². The van der Waals surface area contributed by atoms with Crippen LogP contribution in [0.3, 0.4) is 0 Å². The van der Waals surface area contributed by atoms with Crippen LogP contribution >= 0.6 is 0 Å². The van der Waals surface area contributed by atoms with E-state index in [1.807, 2.05) is 164 Å². The predicted molar refractivity (Wildman–Crippen MR) is 269 cm³/mol. The maximum atomic E-state index is 9.85. The topological polar surface area (TPSA) is 3.24 Å². The molecule has 296 valence electrons. The highest BCUT2D eigenvalue weighted by atomic mass is 15.1. The van der Waals surface area contributed by atoms with Gasteiger partial charge < -0.3 is 4.90 Å². The molecular weight excluding hydrogens is 759 g/mol. The van der Waals surface area contributed by atoms with Crippen LogP contribution in [0.5, 0.6) is 0 Å². The van der Waals surface area contributed by atoms with E-state index in [0.717, 1.165) is 54.3 Å². The number of hydrogen-bond acceptors (Lipinski definition) is 1. The van der Waals surface area contributed by atoms with Gasteiger partial charge in [0.1, 0.15) is 0 Å². The smallest absolute Gasteiger partial charge is 0.0645 e. The molecule has 0 bridgehead atoms. The van der Waals surface area contributed by atoms with Crippen molar-refractivity contribution in [3.63, 3.8) is 0 Å². The summed E-state index contributed by atoms with van der Waals surface area (Å²) < 4.78 is 117. The summed E-state index contributed by atoms with van der Waals surface area (Å²) in [5, 5.41) is 3.36. The summed E-state index contributed by atoms with van der Waals surface area (Å²) in [6.07, 6.45) is 0. The monoisotopic (exact) mass is 813 g/mol. The van der Waals surface area contributed by atoms with Crippen LogP contribution in [0.25, 0.3) is 88.3 Å². The lowest BCUT2D eigenvalue weighted by Crippen LogP contribution is -2.09. The van der Waals surface area contributed by atoms with Crippen LogP contribution < -0.4 is 4.90 Å². The maximum Gasteiger partial charge on any atom is 0.0645 e. The van der Waals surface area contributed by atoms with E-state index in [2.05, 4.69) is 0 Å². The van der Waals surface area contributed by atoms with Crippen molar-refractivity contribution < 1.29 is 16.4 Å². The van der Waals surface area contributed by atoms with Crippen LogP contribution in [0, 0.1) is 0 Å². The summed E-state index contributed by atoms with van der Waals surface area (Å²) in [6, 6.07) is 50.9. The molecule has 0 N–H and O–H groups in total. The first-order chi connectivity index (χ1) is 36.3. The fourth-order valence-electron chi connectivity index (χ4n) is 8.18. The summed E-state index contributed by atoms with van der Waals surface area (Å²) in [6.45, 7) is 0. The van der Waals surface area contributed by atoms with Crippen molar-refractivity contribution in [2.75, 3.05) is 4.90 Å². The van der Waals surface area contributed by atoms with E-state index >= 15 is 0 Å². The van der Waals surface area contributed by atoms with E-state index < -0.39 is 89.6 Å². The maximum absolute atomic E-state index is 9.85. The fourth-order valence-corrected chi connectivity index (χ4v) is 8.18. The van der Waals surface area contributed by atoms with Gasteiger partial charge in [-0.25, -0.2) is 0 Å². The van der Waals surface area contributed by atoms with Gasteiger partial charge in [0.25, 0.3) is 0 Å². The Balaban J connectivity index is 1.18. The number of fused-ring (bicyclic) bond motifs is 2. The molecule has 0 fully saturated rings. The molecule has 11 rings (SSSR count). The Kier molecular flexibility index (Phi) is 7.10. The molecule has 0 saturated carbocycles. The SMILES string of the molecule is [2H]c1c([2H])c(N(c2c([2H])c([2H])c(-c3ccc4ccccc4c3)c([2H])c2[2H])c2c([2H])c([2H])c(-c3ccc4ccccc4c3-c3ccccc3)c([2H])c2[2H])c([2H])c([2H])c1-c1ccc(-c2ccccc2)c(-c2ccccc2)c1. The lowest BCUT2D eigenvalue weighted by atomic mass is 9.90. The molecule has 0 aliphatic carbocycles. The molecule has 1 heteroatoms. The predicted octanol–water partition coefficient (Wildman–Crippen LogP) is 17.5. The minimum Gasteiger partial charge on any atom is -0.311 e. The van der Waals surface area contributed by atoms with Gasteiger partial charge in [0, 0.05) is 17.1 Å². The molecule has 0 radical (unpaired) electrons. The molecule has 0 aliphatic rings. The number of hydrogen-bond donors (Lipinski definition) is 0. The number of anilines is 3. The molecule has 11 aromatic carbocycles. The zero-order chi connectivity index (χ0) is 52.4. The number of rotatable bonds is 9. The molecule has 0 atom stereocenters. The minimum absolute atomic E-state index is 0.0535. The Morgan fingerprint density at radius 3 is 1.29 bits per heavy atom. The summed E-state index contributed by atoms with van der Waals surface area (Å²) in [5.41, 5.74) is 3.96. The van der Waals surface area contributed by atoms with E-state index in [1.54, 1.807) is 24.3 Å². The average Bonchev–Trinajstić information content (AvgIpc) is 3.44. The second kappa shape index (κ2) is 16.7. The summed E-state index contributed by atoms with van der Waals surface area (Å²) in [4.78, 5) is 0.867. The fraction of sp³-hybridized carbons (Fsp3) is 0. The van der Waals surface area contributed by atoms with Gasteiger partial charge in [0.15, 0.2) is 0 Å². The second-order valence-corrected chi connectivity index (χ2v) is 15.1. The highest BCUT2D eigenvalue weighted by Gasteiger charge is 2.17. The highest BCUT2D eigenvalue weighted by Crippen LogP contribution is 2.42. The van der Waals surface area contributed by atoms with Crippen LogP contribution in [-0.2, 0) is 0 Å². The molecule has 0 aromatic heterocycles. The third kappa shape index (κ3) is 7.47. The lowest BCUT2D eigenvalue weighted by Gasteiger charge is -2.26. The van der Waals surface area contributed by atoms with Crippen LogP contribution in [0.15, 0.2) is 261 Å². The van der Waals surface area contributed by atoms with Gasteiger partial charge in [0.05, 0.1) is 16.4 Å². The first-order valence-electron chi connectivity index (χ1n) is 26.7. The third-order valence-corrected chi connectivity index (χ3v) is 11.3. The molecular formula is C62H43N. The van der Waals surface area contributed by atoms with Gasteiger partial charge in [-0.2, -0.15) is 0 Å². The van der Waals surface area contributed by atoms with Gasteiger partial charge >= 0.3 is 0 Å². The van der Waals surface area contributed by atoms with Crippen LogP contribution in [0.4, 0.5) is 17.1 Å². The van der Waals surface area contributed by atoms with Gasteiger partial charge in [-0.3, -0.25) is 0 Å². The van der Waals surface area contributed by atoms with Crippen molar-refractivity contribution in [2.45, 2.75) is 0 Å². The van der Waals surface area contributed by atoms with Crippen LogP contribution in [0.1, 0.15) is 16.4 Å². The highest BCUT2D eigenvalue weighted by molar-refractivity contribution is 6.04. The molecule has 1 nitrogen and oxygen atoms in total. The number of benzene rings is 11. The first-order valence-corrected chi connectivity index (χ1v) is 20.7. The Hall–Kier alpha value is -8.26. The van der Waals surface area contributed by atoms with Crippen molar-refractivity contribution >= 4 is 38.6 Å². The Labute approximate surface area is 386 Å². The summed E-state index contributed by atoms with van der Waals surface area (Å²) in [7, 11) is 0. The van der Waals surface area contributed by atoms with Gasteiger partial charge in [-0.1, -0.05) is 212 Å². The largest absolute Gasteiger partial charge is 0.311 e. The third-order valence-electron chi connectivity index (χ3n) is 11.3. The average molecular weight is 814 g/mol. The van der Waals surface area contributed by atoms with E-state index in [-0.39, 0.29) is 16.7 Å². The zero-order valence-corrected chi connectivity index (χ0v) is 33.8. The molecule has 0 aliphatic heterocycles. The van der Waals surface area contributed by atoms with Gasteiger partial charge in [0.2, 0.25) is 0 Å². The van der Waals surface area contributed by atoms with E-state index in [0.29, 0.717) is 22.3 Å². The van der Waals surface area contributed by atoms with Gasteiger partial charge in [-0.15, -0.1) is 0 Å². The Morgan fingerprint density at radius 1 is 0.254 bits per heavy atom. The molecule has 0 amide bonds. The number of nitrogens with zero attached hydrogens (tertiary/aromatic N) is 1. The van der Waals surface area contributed by atoms with Crippen molar-refractivity contribution in [2.24, 2.45) is 0 Å². The lowest BCUT2D eigenvalue weighted by molar-refractivity contribution is 1.28. The minimum atomic E-state index is -0.684. The van der Waals surface area contributed by atoms with Crippen LogP contribution in [-0.4, -0.2) is 0 Å². The van der Waals surface area contributed by atoms with E-state index in [9.17, 15) is 16.4 Å². The van der Waals surface area contributed by atoms with Crippen molar-refractivity contribution in [1.82, 2.24) is 0 Å². The van der Waals surface area contributed by atoms with Crippen molar-refractivity contribution in [3.8, 4) is 66.8 Å². The molecule has 0 unspecified atom stereocenters. The molecule has 0 heterocycles. The van der Waals surface area contributed by atoms with Crippen molar-refractivity contribution in [1.29, 1.82) is 0 Å². The van der Waals surface area contributed by atoms with E-state index in [1.165, 1.54) is 0 Å². The second-order valence-electron chi connectivity index (χ2n) is 15.1. The van der Waals surface area contributed by atoms with Gasteiger partial charge in [-0.05, 0) is 137 Å². The first kappa shape index (κ1) is 26.8. The Morgan fingerprint density at radius 2 is 0.683 bits per heavy atom.